The van der Waals surface area contributed by atoms with Crippen LogP contribution in [0.4, 0.5) is 0 Å². The lowest BCUT2D eigenvalue weighted by molar-refractivity contribution is -0.377. The molecule has 17 nitrogen and oxygen atoms in total. The Morgan fingerprint density at radius 3 is 1.53 bits per heavy atom. The molecule has 210 valence electrons. The summed E-state index contributed by atoms with van der Waals surface area (Å²) < 4.78 is 26.4. The zero-order valence-electron chi connectivity index (χ0n) is 18.7. The van der Waals surface area contributed by atoms with Gasteiger partial charge in [-0.05, 0) is 0 Å². The van der Waals surface area contributed by atoms with Crippen LogP contribution >= 0.6 is 0 Å². The molecule has 36 heavy (non-hydrogen) atoms. The Morgan fingerprint density at radius 1 is 0.583 bits per heavy atom. The molecule has 3 aliphatic rings. The van der Waals surface area contributed by atoms with Gasteiger partial charge in [-0.2, -0.15) is 0 Å². The third kappa shape index (κ3) is 5.96. The van der Waals surface area contributed by atoms with Gasteiger partial charge in [-0.1, -0.05) is 0 Å². The van der Waals surface area contributed by atoms with Crippen molar-refractivity contribution in [2.45, 2.75) is 98.5 Å². The first-order valence-electron chi connectivity index (χ1n) is 11.1. The minimum Gasteiger partial charge on any atom is -0.481 e. The lowest BCUT2D eigenvalue weighted by Gasteiger charge is -2.47. The van der Waals surface area contributed by atoms with Crippen molar-refractivity contribution in [2.24, 2.45) is 0 Å². The van der Waals surface area contributed by atoms with Gasteiger partial charge in [0.15, 0.2) is 18.9 Å². The number of carboxylic acids is 1. The van der Waals surface area contributed by atoms with E-state index in [0.29, 0.717) is 0 Å². The molecule has 0 aromatic carbocycles. The molecule has 3 heterocycles. The Labute approximate surface area is 203 Å². The van der Waals surface area contributed by atoms with E-state index in [1.165, 1.54) is 0 Å². The predicted molar refractivity (Wildman–Crippen MR) is 106 cm³/mol. The van der Waals surface area contributed by atoms with E-state index in [1.54, 1.807) is 0 Å². The first kappa shape index (κ1) is 29.4. The molecule has 7 unspecified atom stereocenters. The molecule has 0 aromatic heterocycles. The van der Waals surface area contributed by atoms with Crippen LogP contribution in [0.3, 0.4) is 0 Å². The second kappa shape index (κ2) is 12.2. The molecule has 0 spiro atoms. The number of rotatable bonds is 8. The van der Waals surface area contributed by atoms with Crippen LogP contribution in [0.2, 0.25) is 0 Å². The fourth-order valence-corrected chi connectivity index (χ4v) is 4.25. The van der Waals surface area contributed by atoms with Crippen LogP contribution in [-0.2, 0) is 28.5 Å². The highest BCUT2D eigenvalue weighted by molar-refractivity contribution is 5.67. The number of aliphatic hydroxyl groups excluding tert-OH is 10. The molecule has 0 aliphatic carbocycles. The van der Waals surface area contributed by atoms with Gasteiger partial charge in [-0.25, -0.2) is 0 Å². The van der Waals surface area contributed by atoms with Gasteiger partial charge in [0.05, 0.1) is 25.7 Å². The van der Waals surface area contributed by atoms with Crippen LogP contribution in [0.15, 0.2) is 0 Å². The summed E-state index contributed by atoms with van der Waals surface area (Å²) in [5.74, 6) is -1.39. The van der Waals surface area contributed by atoms with Crippen molar-refractivity contribution in [1.29, 1.82) is 0 Å². The molecule has 3 fully saturated rings. The van der Waals surface area contributed by atoms with Gasteiger partial charge >= 0.3 is 5.97 Å². The Morgan fingerprint density at radius 2 is 1.03 bits per heavy atom. The smallest absolute Gasteiger partial charge is 0.306 e. The number of hydrogen-bond donors (Lipinski definition) is 11. The zero-order chi connectivity index (χ0) is 26.9. The Kier molecular flexibility index (Phi) is 9.94. The molecule has 0 bridgehead atoms. The zero-order valence-corrected chi connectivity index (χ0v) is 18.7. The molecular formula is C19H32O17. The second-order valence-electron chi connectivity index (χ2n) is 8.75. The van der Waals surface area contributed by atoms with E-state index < -0.39 is 118 Å². The summed E-state index contributed by atoms with van der Waals surface area (Å²) in [6.45, 7) is -1.65. The fourth-order valence-electron chi connectivity index (χ4n) is 4.25. The van der Waals surface area contributed by atoms with Crippen LogP contribution in [0.1, 0.15) is 6.42 Å². The summed E-state index contributed by atoms with van der Waals surface area (Å²) in [5, 5.41) is 109. The van der Waals surface area contributed by atoms with Gasteiger partial charge in [0.25, 0.3) is 0 Å². The highest BCUT2D eigenvalue weighted by Gasteiger charge is 2.53. The summed E-state index contributed by atoms with van der Waals surface area (Å²) in [5.41, 5.74) is 0. The molecule has 3 saturated heterocycles. The first-order chi connectivity index (χ1) is 16.9. The maximum Gasteiger partial charge on any atom is 0.306 e. The van der Waals surface area contributed by atoms with E-state index in [9.17, 15) is 55.9 Å². The van der Waals surface area contributed by atoms with Crippen LogP contribution in [0.5, 0.6) is 0 Å². The largest absolute Gasteiger partial charge is 0.481 e. The maximum atomic E-state index is 11.0. The lowest BCUT2D eigenvalue weighted by atomic mass is 9.95. The van der Waals surface area contributed by atoms with E-state index in [4.69, 9.17) is 28.8 Å². The summed E-state index contributed by atoms with van der Waals surface area (Å²) in [6, 6.07) is 0. The summed E-state index contributed by atoms with van der Waals surface area (Å²) >= 11 is 0. The molecule has 3 rings (SSSR count). The number of hydrogen-bond acceptors (Lipinski definition) is 16. The summed E-state index contributed by atoms with van der Waals surface area (Å²) in [4.78, 5) is 11.0. The van der Waals surface area contributed by atoms with Gasteiger partial charge < -0.3 is 79.9 Å². The molecule has 3 aliphatic heterocycles. The van der Waals surface area contributed by atoms with Gasteiger partial charge in [0.2, 0.25) is 0 Å². The Hall–Kier alpha value is -1.13. The maximum absolute atomic E-state index is 11.0. The minimum absolute atomic E-state index is 0.769. The van der Waals surface area contributed by atoms with Crippen LogP contribution in [0.25, 0.3) is 0 Å². The quantitative estimate of drug-likeness (QED) is 0.138. The number of carbonyl (C=O) groups is 1. The topological polar surface area (TPSA) is 286 Å². The molecule has 0 saturated carbocycles. The lowest BCUT2D eigenvalue weighted by Crippen LogP contribution is -2.66. The normalized spacial score (nSPS) is 50.1. The summed E-state index contributed by atoms with van der Waals surface area (Å²) in [6.07, 6.45) is -27.0. The fraction of sp³-hybridized carbons (Fsp3) is 0.947. The second-order valence-corrected chi connectivity index (χ2v) is 8.75. The number of carboxylic acid groups (broad SMARTS) is 1. The average molecular weight is 532 g/mol. The van der Waals surface area contributed by atoms with Crippen LogP contribution < -0.4 is 0 Å². The monoisotopic (exact) mass is 532 g/mol. The van der Waals surface area contributed by atoms with Gasteiger partial charge in [-0.3, -0.25) is 4.79 Å². The van der Waals surface area contributed by atoms with Crippen molar-refractivity contribution in [2.75, 3.05) is 13.2 Å². The molecule has 0 amide bonds. The highest BCUT2D eigenvalue weighted by atomic mass is 16.8. The predicted octanol–water partition coefficient (Wildman–Crippen LogP) is -7.09. The standard InChI is InChI=1S/C19H32O17/c20-2-5-15(10(26)12(28)17(31)32-5)35-19-14(30)11(27)16(6(3-21)34-19)36-18-13(29)9(25)8(24)4(33-18)1-7(22)23/h4-6,8-21,24-31H,1-3H2,(H,22,23)/t4?,5?,6?,8-,9+,10-,11-,12?,13?,14?,15-,16-,17?,18+,19+/m1/s1. The summed E-state index contributed by atoms with van der Waals surface area (Å²) in [7, 11) is 0. The van der Waals surface area contributed by atoms with Crippen LogP contribution in [0, 0.1) is 0 Å². The van der Waals surface area contributed by atoms with E-state index in [0.717, 1.165) is 0 Å². The SMILES string of the molecule is O=C(O)CC1O[C@@H](O[C@@H]2C(CO)O[C@@H](O[C@@H]3C(CO)OC(O)C(O)[C@H]3O)C(O)[C@H]2O)C(O)[C@@H](O)[C@@H]1O. The van der Waals surface area contributed by atoms with Crippen molar-refractivity contribution in [3.05, 3.63) is 0 Å². The van der Waals surface area contributed by atoms with Crippen LogP contribution in [-0.4, -0.2) is 167 Å². The average Bonchev–Trinajstić information content (AvgIpc) is 2.84. The van der Waals surface area contributed by atoms with Gasteiger partial charge in [0.1, 0.15) is 67.1 Å². The van der Waals surface area contributed by atoms with E-state index in [2.05, 4.69) is 0 Å². The molecule has 0 aromatic rings. The number of ether oxygens (including phenoxy) is 5. The molecule has 15 atom stereocenters. The highest BCUT2D eigenvalue weighted by Crippen LogP contribution is 2.32. The molecule has 17 heteroatoms. The van der Waals surface area contributed by atoms with Gasteiger partial charge in [-0.15, -0.1) is 0 Å². The van der Waals surface area contributed by atoms with Crippen molar-refractivity contribution in [3.63, 3.8) is 0 Å². The van der Waals surface area contributed by atoms with E-state index >= 15 is 0 Å². The Bertz CT molecular complexity index is 722. The van der Waals surface area contributed by atoms with Crippen molar-refractivity contribution in [3.8, 4) is 0 Å². The third-order valence-corrected chi connectivity index (χ3v) is 6.29. The first-order valence-corrected chi connectivity index (χ1v) is 11.1. The van der Waals surface area contributed by atoms with Crippen molar-refractivity contribution >= 4 is 5.97 Å². The van der Waals surface area contributed by atoms with Crippen molar-refractivity contribution in [1.82, 2.24) is 0 Å². The van der Waals surface area contributed by atoms with E-state index in [1.807, 2.05) is 0 Å². The molecule has 0 radical (unpaired) electrons. The minimum atomic E-state index is -1.96. The van der Waals surface area contributed by atoms with Crippen molar-refractivity contribution < 1.29 is 84.7 Å². The number of aliphatic carboxylic acids is 1. The van der Waals surface area contributed by atoms with E-state index in [-0.39, 0.29) is 0 Å². The number of aliphatic hydroxyl groups is 10. The third-order valence-electron chi connectivity index (χ3n) is 6.29. The van der Waals surface area contributed by atoms with Gasteiger partial charge in [0, 0.05) is 0 Å². The molecule has 11 N–H and O–H groups in total. The molecular weight excluding hydrogens is 500 g/mol. The Balaban J connectivity index is 1.72.